The van der Waals surface area contributed by atoms with Crippen molar-refractivity contribution in [2.45, 2.75) is 19.5 Å². The van der Waals surface area contributed by atoms with E-state index in [0.717, 1.165) is 42.1 Å². The SMILES string of the molecule is COc1ccc2nc(CCCl)n(CCn3ccnc3)c2c1. The van der Waals surface area contributed by atoms with Crippen molar-refractivity contribution in [3.63, 3.8) is 0 Å². The molecule has 0 spiro atoms. The van der Waals surface area contributed by atoms with E-state index in [1.54, 1.807) is 13.3 Å². The predicted molar refractivity (Wildman–Crippen MR) is 82.9 cm³/mol. The highest BCUT2D eigenvalue weighted by molar-refractivity contribution is 6.17. The van der Waals surface area contributed by atoms with Crippen molar-refractivity contribution >= 4 is 22.6 Å². The molecule has 0 saturated carbocycles. The summed E-state index contributed by atoms with van der Waals surface area (Å²) in [7, 11) is 1.67. The maximum atomic E-state index is 5.90. The summed E-state index contributed by atoms with van der Waals surface area (Å²) in [5.41, 5.74) is 2.05. The highest BCUT2D eigenvalue weighted by Crippen LogP contribution is 2.22. The third-order valence-corrected chi connectivity index (χ3v) is 3.68. The van der Waals surface area contributed by atoms with E-state index >= 15 is 0 Å². The lowest BCUT2D eigenvalue weighted by atomic mass is 10.3. The predicted octanol–water partition coefficient (Wildman–Crippen LogP) is 2.72. The topological polar surface area (TPSA) is 44.9 Å². The van der Waals surface area contributed by atoms with Crippen LogP contribution in [0.1, 0.15) is 5.82 Å². The largest absolute Gasteiger partial charge is 0.497 e. The molecule has 3 rings (SSSR count). The normalized spacial score (nSPS) is 11.1. The van der Waals surface area contributed by atoms with Gasteiger partial charge in [0.1, 0.15) is 11.6 Å². The number of methoxy groups -OCH3 is 1. The van der Waals surface area contributed by atoms with Crippen LogP contribution in [0.3, 0.4) is 0 Å². The molecular weight excluding hydrogens is 288 g/mol. The Labute approximate surface area is 128 Å². The van der Waals surface area contributed by atoms with Crippen LogP contribution in [0, 0.1) is 0 Å². The fraction of sp³-hybridized carbons (Fsp3) is 0.333. The summed E-state index contributed by atoms with van der Waals surface area (Å²) in [6, 6.07) is 5.94. The Balaban J connectivity index is 1.97. The van der Waals surface area contributed by atoms with Crippen LogP contribution in [-0.4, -0.2) is 32.1 Å². The van der Waals surface area contributed by atoms with E-state index in [2.05, 4.69) is 19.1 Å². The van der Waals surface area contributed by atoms with E-state index in [1.807, 2.05) is 30.7 Å². The van der Waals surface area contributed by atoms with Gasteiger partial charge in [-0.3, -0.25) is 0 Å². The van der Waals surface area contributed by atoms with Crippen LogP contribution in [-0.2, 0) is 19.5 Å². The van der Waals surface area contributed by atoms with E-state index < -0.39 is 0 Å². The smallest absolute Gasteiger partial charge is 0.121 e. The van der Waals surface area contributed by atoms with Gasteiger partial charge in [-0.15, -0.1) is 11.6 Å². The molecule has 3 aromatic rings. The zero-order valence-electron chi connectivity index (χ0n) is 11.9. The summed E-state index contributed by atoms with van der Waals surface area (Å²) in [4.78, 5) is 8.74. The second-order valence-electron chi connectivity index (χ2n) is 4.77. The average molecular weight is 305 g/mol. The zero-order chi connectivity index (χ0) is 14.7. The average Bonchev–Trinajstić information content (AvgIpc) is 3.12. The van der Waals surface area contributed by atoms with E-state index in [4.69, 9.17) is 16.3 Å². The molecule has 0 amide bonds. The fourth-order valence-electron chi connectivity index (χ4n) is 2.44. The molecule has 0 unspecified atom stereocenters. The molecule has 0 fully saturated rings. The van der Waals surface area contributed by atoms with Crippen LogP contribution in [0.15, 0.2) is 36.9 Å². The van der Waals surface area contributed by atoms with Crippen molar-refractivity contribution < 1.29 is 4.74 Å². The minimum atomic E-state index is 0.561. The molecular formula is C15H17ClN4O. The van der Waals surface area contributed by atoms with Gasteiger partial charge in [0, 0.05) is 43.9 Å². The molecule has 21 heavy (non-hydrogen) atoms. The Bertz CT molecular complexity index is 721. The fourth-order valence-corrected chi connectivity index (χ4v) is 2.61. The molecule has 5 nitrogen and oxygen atoms in total. The Kier molecular flexibility index (Phi) is 4.10. The molecule has 0 aliphatic carbocycles. The molecule has 0 N–H and O–H groups in total. The maximum Gasteiger partial charge on any atom is 0.121 e. The molecule has 6 heteroatoms. The van der Waals surface area contributed by atoms with Gasteiger partial charge < -0.3 is 13.9 Å². The molecule has 0 atom stereocenters. The summed E-state index contributed by atoms with van der Waals surface area (Å²) in [5.74, 6) is 2.41. The quantitative estimate of drug-likeness (QED) is 0.658. The van der Waals surface area contributed by atoms with E-state index in [-0.39, 0.29) is 0 Å². The lowest BCUT2D eigenvalue weighted by molar-refractivity contribution is 0.415. The van der Waals surface area contributed by atoms with Crippen LogP contribution in [0.4, 0.5) is 0 Å². The number of aromatic nitrogens is 4. The van der Waals surface area contributed by atoms with E-state index in [9.17, 15) is 0 Å². The lowest BCUT2D eigenvalue weighted by Crippen LogP contribution is -2.10. The molecule has 110 valence electrons. The Morgan fingerprint density at radius 3 is 2.90 bits per heavy atom. The van der Waals surface area contributed by atoms with E-state index in [1.165, 1.54) is 0 Å². The molecule has 2 aromatic heterocycles. The van der Waals surface area contributed by atoms with Gasteiger partial charge in [0.15, 0.2) is 0 Å². The van der Waals surface area contributed by atoms with Gasteiger partial charge in [-0.2, -0.15) is 0 Å². The molecule has 0 aliphatic heterocycles. The summed E-state index contributed by atoms with van der Waals surface area (Å²) >= 11 is 5.90. The molecule has 0 aliphatic rings. The number of halogens is 1. The van der Waals surface area contributed by atoms with Gasteiger partial charge in [0.25, 0.3) is 0 Å². The molecule has 2 heterocycles. The summed E-state index contributed by atoms with van der Waals surface area (Å²) in [5, 5.41) is 0. The molecule has 0 saturated heterocycles. The van der Waals surface area contributed by atoms with Gasteiger partial charge in [-0.1, -0.05) is 0 Å². The molecule has 1 aromatic carbocycles. The van der Waals surface area contributed by atoms with Crippen molar-refractivity contribution in [1.29, 1.82) is 0 Å². The Morgan fingerprint density at radius 2 is 2.19 bits per heavy atom. The van der Waals surface area contributed by atoms with Gasteiger partial charge in [-0.25, -0.2) is 9.97 Å². The number of alkyl halides is 1. The first-order valence-corrected chi connectivity index (χ1v) is 7.40. The monoisotopic (exact) mass is 304 g/mol. The number of rotatable bonds is 6. The number of ether oxygens (including phenoxy) is 1. The van der Waals surface area contributed by atoms with Gasteiger partial charge in [0.05, 0.1) is 24.5 Å². The number of aryl methyl sites for hydroxylation is 3. The van der Waals surface area contributed by atoms with Gasteiger partial charge in [0.2, 0.25) is 0 Å². The second kappa shape index (κ2) is 6.18. The first-order valence-electron chi connectivity index (χ1n) is 6.86. The first-order chi connectivity index (χ1) is 10.3. The maximum absolute atomic E-state index is 5.90. The van der Waals surface area contributed by atoms with Crippen molar-refractivity contribution in [2.24, 2.45) is 0 Å². The minimum absolute atomic E-state index is 0.561. The number of benzene rings is 1. The number of imidazole rings is 2. The van der Waals surface area contributed by atoms with Crippen LogP contribution in [0.25, 0.3) is 11.0 Å². The van der Waals surface area contributed by atoms with E-state index in [0.29, 0.717) is 5.88 Å². The molecule has 0 bridgehead atoms. The van der Waals surface area contributed by atoms with Crippen LogP contribution < -0.4 is 4.74 Å². The van der Waals surface area contributed by atoms with Gasteiger partial charge >= 0.3 is 0 Å². The van der Waals surface area contributed by atoms with Crippen molar-refractivity contribution in [3.05, 3.63) is 42.7 Å². The van der Waals surface area contributed by atoms with Crippen molar-refractivity contribution in [1.82, 2.24) is 19.1 Å². The third-order valence-electron chi connectivity index (χ3n) is 3.49. The molecule has 0 radical (unpaired) electrons. The third kappa shape index (κ3) is 2.88. The minimum Gasteiger partial charge on any atom is -0.497 e. The first kappa shape index (κ1) is 13.9. The number of fused-ring (bicyclic) bond motifs is 1. The summed E-state index contributed by atoms with van der Waals surface area (Å²) in [6.07, 6.45) is 6.32. The van der Waals surface area contributed by atoms with Gasteiger partial charge in [-0.05, 0) is 12.1 Å². The lowest BCUT2D eigenvalue weighted by Gasteiger charge is -2.09. The number of hydrogen-bond acceptors (Lipinski definition) is 3. The summed E-state index contributed by atoms with van der Waals surface area (Å²) in [6.45, 7) is 1.67. The zero-order valence-corrected chi connectivity index (χ0v) is 12.6. The highest BCUT2D eigenvalue weighted by atomic mass is 35.5. The summed E-state index contributed by atoms with van der Waals surface area (Å²) < 4.78 is 9.58. The number of hydrogen-bond donors (Lipinski definition) is 0. The van der Waals surface area contributed by atoms with Crippen LogP contribution in [0.5, 0.6) is 5.75 Å². The van der Waals surface area contributed by atoms with Crippen molar-refractivity contribution in [3.8, 4) is 5.75 Å². The standard InChI is InChI=1S/C15H17ClN4O/c1-21-12-2-3-13-14(10-12)20(15(18-13)4-5-16)9-8-19-7-6-17-11-19/h2-3,6-7,10-11H,4-5,8-9H2,1H3. The van der Waals surface area contributed by atoms with Crippen LogP contribution >= 0.6 is 11.6 Å². The number of nitrogens with zero attached hydrogens (tertiary/aromatic N) is 4. The van der Waals surface area contributed by atoms with Crippen molar-refractivity contribution in [2.75, 3.05) is 13.0 Å². The Morgan fingerprint density at radius 1 is 1.29 bits per heavy atom. The Hall–Kier alpha value is -2.01. The highest BCUT2D eigenvalue weighted by Gasteiger charge is 2.11. The van der Waals surface area contributed by atoms with Crippen LogP contribution in [0.2, 0.25) is 0 Å². The second-order valence-corrected chi connectivity index (χ2v) is 5.15.